The van der Waals surface area contributed by atoms with Gasteiger partial charge in [0.2, 0.25) is 0 Å². The van der Waals surface area contributed by atoms with E-state index in [-0.39, 0.29) is 6.61 Å². The van der Waals surface area contributed by atoms with Crippen molar-refractivity contribution in [1.82, 2.24) is 0 Å². The lowest BCUT2D eigenvalue weighted by molar-refractivity contribution is 0.285. The Morgan fingerprint density at radius 1 is 1.31 bits per heavy atom. The Morgan fingerprint density at radius 2 is 2.12 bits per heavy atom. The van der Waals surface area contributed by atoms with Crippen molar-refractivity contribution in [2.24, 2.45) is 0 Å². The van der Waals surface area contributed by atoms with Gasteiger partial charge in [-0.25, -0.2) is 0 Å². The lowest BCUT2D eigenvalue weighted by atomic mass is 10.1. The molecule has 0 radical (unpaired) electrons. The fraction of sp³-hybridized carbons (Fsp3) is 0.538. The van der Waals surface area contributed by atoms with Crippen LogP contribution in [0.3, 0.4) is 0 Å². The number of ether oxygens (including phenoxy) is 1. The zero-order valence-corrected chi connectivity index (χ0v) is 10.5. The normalized spacial score (nSPS) is 10.4. The zero-order chi connectivity index (χ0) is 11.8. The largest absolute Gasteiger partial charge is 0.493 e. The third-order valence-corrected chi connectivity index (χ3v) is 2.64. The fourth-order valence-corrected chi connectivity index (χ4v) is 1.73. The number of aliphatic hydroxyl groups is 1. The quantitative estimate of drug-likeness (QED) is 0.743. The van der Waals surface area contributed by atoms with Crippen molar-refractivity contribution in [2.45, 2.75) is 32.6 Å². The molecule has 0 atom stereocenters. The van der Waals surface area contributed by atoms with Crippen LogP contribution in [0.2, 0.25) is 5.02 Å². The van der Waals surface area contributed by atoms with Crippen LogP contribution in [0.1, 0.15) is 31.7 Å². The Labute approximate surface area is 102 Å². The highest BCUT2D eigenvalue weighted by Gasteiger charge is 2.04. The van der Waals surface area contributed by atoms with Gasteiger partial charge in [0.1, 0.15) is 5.75 Å². The second-order valence-corrected chi connectivity index (χ2v) is 4.22. The van der Waals surface area contributed by atoms with Crippen LogP contribution in [0.25, 0.3) is 0 Å². The SMILES string of the molecule is CCCCCOc1ccc(Cl)cc1CCO. The lowest BCUT2D eigenvalue weighted by Crippen LogP contribution is -2.01. The molecule has 0 amide bonds. The maximum atomic E-state index is 8.95. The number of hydrogen-bond donors (Lipinski definition) is 1. The molecule has 0 unspecified atom stereocenters. The fourth-order valence-electron chi connectivity index (χ4n) is 1.54. The van der Waals surface area contributed by atoms with Gasteiger partial charge in [0.25, 0.3) is 0 Å². The summed E-state index contributed by atoms with van der Waals surface area (Å²) in [5, 5.41) is 9.63. The van der Waals surface area contributed by atoms with Crippen molar-refractivity contribution in [3.8, 4) is 5.75 Å². The highest BCUT2D eigenvalue weighted by Crippen LogP contribution is 2.23. The minimum atomic E-state index is 0.117. The average Bonchev–Trinajstić information content (AvgIpc) is 2.27. The summed E-state index contributed by atoms with van der Waals surface area (Å²) >= 11 is 5.90. The number of benzene rings is 1. The molecule has 0 spiro atoms. The van der Waals surface area contributed by atoms with Gasteiger partial charge in [0.05, 0.1) is 6.61 Å². The molecule has 1 rings (SSSR count). The second kappa shape index (κ2) is 7.53. The summed E-state index contributed by atoms with van der Waals surface area (Å²) in [5.41, 5.74) is 0.978. The molecule has 16 heavy (non-hydrogen) atoms. The molecule has 2 nitrogen and oxygen atoms in total. The summed E-state index contributed by atoms with van der Waals surface area (Å²) in [6.45, 7) is 3.01. The summed E-state index contributed by atoms with van der Waals surface area (Å²) in [4.78, 5) is 0. The number of hydrogen-bond acceptors (Lipinski definition) is 2. The molecule has 3 heteroatoms. The average molecular weight is 243 g/mol. The van der Waals surface area contributed by atoms with Gasteiger partial charge >= 0.3 is 0 Å². The van der Waals surface area contributed by atoms with Gasteiger partial charge in [-0.2, -0.15) is 0 Å². The smallest absolute Gasteiger partial charge is 0.122 e. The Balaban J connectivity index is 2.56. The van der Waals surface area contributed by atoms with Gasteiger partial charge in [0, 0.05) is 11.6 Å². The molecule has 1 aromatic rings. The predicted octanol–water partition coefficient (Wildman–Crippen LogP) is 3.44. The summed E-state index contributed by atoms with van der Waals surface area (Å²) in [5.74, 6) is 0.842. The molecule has 0 aliphatic heterocycles. The molecule has 0 aliphatic rings. The summed E-state index contributed by atoms with van der Waals surface area (Å²) in [6.07, 6.45) is 4.03. The first kappa shape index (κ1) is 13.3. The van der Waals surface area contributed by atoms with Crippen molar-refractivity contribution >= 4 is 11.6 Å². The van der Waals surface area contributed by atoms with Crippen LogP contribution in [0.4, 0.5) is 0 Å². The number of aliphatic hydroxyl groups excluding tert-OH is 1. The molecule has 0 bridgehead atoms. The van der Waals surface area contributed by atoms with Gasteiger partial charge in [-0.15, -0.1) is 0 Å². The molecular formula is C13H19ClO2. The molecule has 0 saturated carbocycles. The Bertz CT molecular complexity index is 313. The van der Waals surface area contributed by atoms with E-state index in [2.05, 4.69) is 6.92 Å². The van der Waals surface area contributed by atoms with E-state index in [1.165, 1.54) is 12.8 Å². The van der Waals surface area contributed by atoms with Crippen molar-refractivity contribution < 1.29 is 9.84 Å². The van der Waals surface area contributed by atoms with Gasteiger partial charge in [-0.05, 0) is 36.6 Å². The predicted molar refractivity (Wildman–Crippen MR) is 67.3 cm³/mol. The van der Waals surface area contributed by atoms with E-state index in [1.54, 1.807) is 0 Å². The van der Waals surface area contributed by atoms with E-state index in [1.807, 2.05) is 18.2 Å². The van der Waals surface area contributed by atoms with Crippen molar-refractivity contribution in [2.75, 3.05) is 13.2 Å². The topological polar surface area (TPSA) is 29.5 Å². The molecule has 0 fully saturated rings. The minimum absolute atomic E-state index is 0.117. The van der Waals surface area contributed by atoms with Crippen LogP contribution in [-0.2, 0) is 6.42 Å². The van der Waals surface area contributed by atoms with Crippen molar-refractivity contribution in [3.05, 3.63) is 28.8 Å². The van der Waals surface area contributed by atoms with Crippen LogP contribution in [0.15, 0.2) is 18.2 Å². The molecule has 0 aliphatic carbocycles. The van der Waals surface area contributed by atoms with Gasteiger partial charge < -0.3 is 9.84 Å². The minimum Gasteiger partial charge on any atom is -0.493 e. The lowest BCUT2D eigenvalue weighted by Gasteiger charge is -2.11. The van der Waals surface area contributed by atoms with Crippen LogP contribution in [0.5, 0.6) is 5.75 Å². The van der Waals surface area contributed by atoms with E-state index in [0.29, 0.717) is 11.4 Å². The third-order valence-electron chi connectivity index (χ3n) is 2.41. The van der Waals surface area contributed by atoms with E-state index in [9.17, 15) is 0 Å². The van der Waals surface area contributed by atoms with Crippen molar-refractivity contribution in [3.63, 3.8) is 0 Å². The molecule has 0 saturated heterocycles. The number of halogens is 1. The van der Waals surface area contributed by atoms with E-state index < -0.39 is 0 Å². The van der Waals surface area contributed by atoms with Crippen LogP contribution in [0, 0.1) is 0 Å². The summed E-state index contributed by atoms with van der Waals surface area (Å²) < 4.78 is 5.68. The van der Waals surface area contributed by atoms with Gasteiger partial charge in [0.15, 0.2) is 0 Å². The molecule has 90 valence electrons. The van der Waals surface area contributed by atoms with E-state index in [0.717, 1.165) is 24.3 Å². The first-order valence-electron chi connectivity index (χ1n) is 5.80. The Hall–Kier alpha value is -0.730. The van der Waals surface area contributed by atoms with Crippen LogP contribution >= 0.6 is 11.6 Å². The standard InChI is InChI=1S/C13H19ClO2/c1-2-3-4-9-16-13-6-5-12(14)10-11(13)7-8-15/h5-6,10,15H,2-4,7-9H2,1H3. The highest BCUT2D eigenvalue weighted by molar-refractivity contribution is 6.30. The maximum absolute atomic E-state index is 8.95. The summed E-state index contributed by atoms with van der Waals surface area (Å²) in [6, 6.07) is 5.55. The number of rotatable bonds is 7. The molecule has 1 aromatic carbocycles. The van der Waals surface area contributed by atoms with E-state index in [4.69, 9.17) is 21.4 Å². The Morgan fingerprint density at radius 3 is 2.81 bits per heavy atom. The number of unbranched alkanes of at least 4 members (excludes halogenated alkanes) is 2. The summed E-state index contributed by atoms with van der Waals surface area (Å²) in [7, 11) is 0. The molecular weight excluding hydrogens is 224 g/mol. The van der Waals surface area contributed by atoms with E-state index >= 15 is 0 Å². The van der Waals surface area contributed by atoms with Crippen LogP contribution in [-0.4, -0.2) is 18.3 Å². The molecule has 0 heterocycles. The first-order chi connectivity index (χ1) is 7.77. The molecule has 0 aromatic heterocycles. The van der Waals surface area contributed by atoms with Crippen LogP contribution < -0.4 is 4.74 Å². The van der Waals surface area contributed by atoms with Gasteiger partial charge in [-0.1, -0.05) is 31.4 Å². The maximum Gasteiger partial charge on any atom is 0.122 e. The monoisotopic (exact) mass is 242 g/mol. The zero-order valence-electron chi connectivity index (χ0n) is 9.71. The second-order valence-electron chi connectivity index (χ2n) is 3.78. The first-order valence-corrected chi connectivity index (χ1v) is 6.17. The Kier molecular flexibility index (Phi) is 6.27. The van der Waals surface area contributed by atoms with Crippen molar-refractivity contribution in [1.29, 1.82) is 0 Å². The van der Waals surface area contributed by atoms with Gasteiger partial charge in [-0.3, -0.25) is 0 Å². The molecule has 1 N–H and O–H groups in total. The highest BCUT2D eigenvalue weighted by atomic mass is 35.5. The third kappa shape index (κ3) is 4.42.